The first-order valence-electron chi connectivity index (χ1n) is 17.7. The van der Waals surface area contributed by atoms with Gasteiger partial charge in [-0.15, -0.1) is 0 Å². The van der Waals surface area contributed by atoms with Crippen LogP contribution < -0.4 is 0 Å². The molecule has 2 aliphatic carbocycles. The Kier molecular flexibility index (Phi) is 8.58. The standard InChI is InChI=1S/C21H12Cl2.C21H25.C5H5.Zr/c22-20-11-3-7-16-14(5-1-9-18(16)20)13-15-6-2-10-19-17(15)8-4-12-21(19)23;1-20(2,3)16-7-9-18-14(12-16)11-15-13-17(21(4,5)6)8-10-19(15)18;1-2-4-5-3-1;/h1-12H;7-13H,1-6H3;1-5H;. The van der Waals surface area contributed by atoms with Crippen LogP contribution in [0.25, 0.3) is 32.7 Å². The summed E-state index contributed by atoms with van der Waals surface area (Å²) >= 11 is 10.9. The molecule has 3 heteroatoms. The SMILES string of the molecule is CC(C)(C)c1ccc2c(c1)[CH]([Zr](=[C](c1cccc3c(Cl)cccc13)c1cccc3c(Cl)cccc13)[CH]1C=CC=C1)c1cc(C(C)(C)C)ccc1-2. The molecule has 0 saturated carbocycles. The van der Waals surface area contributed by atoms with Gasteiger partial charge in [0.05, 0.1) is 0 Å². The van der Waals surface area contributed by atoms with E-state index in [0.29, 0.717) is 7.25 Å². The first-order chi connectivity index (χ1) is 23.9. The molecule has 0 nitrogen and oxygen atoms in total. The average Bonchev–Trinajstić information content (AvgIpc) is 3.73. The fraction of sp³-hybridized carbons (Fsp3) is 0.213. The zero-order chi connectivity index (χ0) is 34.9. The topological polar surface area (TPSA) is 0 Å². The molecule has 0 atom stereocenters. The number of rotatable bonds is 4. The van der Waals surface area contributed by atoms with E-state index < -0.39 is 21.3 Å². The molecular formula is C47H42Cl2Zr. The van der Waals surface area contributed by atoms with Gasteiger partial charge in [-0.25, -0.2) is 0 Å². The quantitative estimate of drug-likeness (QED) is 0.168. The Balaban J connectivity index is 1.58. The van der Waals surface area contributed by atoms with Gasteiger partial charge in [-0.3, -0.25) is 0 Å². The summed E-state index contributed by atoms with van der Waals surface area (Å²) in [6.07, 6.45) is 9.53. The van der Waals surface area contributed by atoms with Crippen LogP contribution in [0.1, 0.15) is 78.5 Å². The van der Waals surface area contributed by atoms with E-state index in [1.54, 1.807) is 0 Å². The molecule has 0 unspecified atom stereocenters. The van der Waals surface area contributed by atoms with Crippen LogP contribution in [0.15, 0.2) is 133 Å². The molecule has 50 heavy (non-hydrogen) atoms. The van der Waals surface area contributed by atoms with Crippen molar-refractivity contribution in [2.75, 3.05) is 0 Å². The summed E-state index contributed by atoms with van der Waals surface area (Å²) in [7, 11) is 0. The molecule has 0 bridgehead atoms. The minimum absolute atomic E-state index is 0.0346. The van der Waals surface area contributed by atoms with Gasteiger partial charge in [0.25, 0.3) is 0 Å². The summed E-state index contributed by atoms with van der Waals surface area (Å²) in [5.74, 6) is 0. The Hall–Kier alpha value is -3.35. The number of hydrogen-bond donors (Lipinski definition) is 0. The van der Waals surface area contributed by atoms with Crippen molar-refractivity contribution in [3.05, 3.63) is 177 Å². The van der Waals surface area contributed by atoms with Crippen LogP contribution in [0.2, 0.25) is 13.7 Å². The van der Waals surface area contributed by atoms with E-state index in [0.717, 1.165) is 20.8 Å². The van der Waals surface area contributed by atoms with Crippen LogP contribution in [0, 0.1) is 0 Å². The second kappa shape index (κ2) is 12.7. The Morgan fingerprint density at radius 3 is 1.38 bits per heavy atom. The molecule has 0 N–H and O–H groups in total. The molecule has 248 valence electrons. The minimum atomic E-state index is -3.03. The van der Waals surface area contributed by atoms with Crippen LogP contribution in [0.5, 0.6) is 0 Å². The van der Waals surface area contributed by atoms with Gasteiger partial charge in [-0.05, 0) is 0 Å². The van der Waals surface area contributed by atoms with E-state index in [2.05, 4.69) is 163 Å². The first-order valence-corrected chi connectivity index (χ1v) is 22.5. The third kappa shape index (κ3) is 5.75. The second-order valence-electron chi connectivity index (χ2n) is 15.9. The maximum atomic E-state index is 6.95. The van der Waals surface area contributed by atoms with Crippen LogP contribution >= 0.6 is 23.2 Å². The zero-order valence-corrected chi connectivity index (χ0v) is 33.6. The Morgan fingerprint density at radius 2 is 0.940 bits per heavy atom. The fourth-order valence-corrected chi connectivity index (χ4v) is 18.0. The van der Waals surface area contributed by atoms with Gasteiger partial charge in [-0.2, -0.15) is 0 Å². The van der Waals surface area contributed by atoms with E-state index in [4.69, 9.17) is 23.2 Å². The van der Waals surface area contributed by atoms with Crippen molar-refractivity contribution >= 4 is 48.0 Å². The molecule has 8 rings (SSSR count). The predicted octanol–water partition coefficient (Wildman–Crippen LogP) is 13.8. The van der Waals surface area contributed by atoms with E-state index in [9.17, 15) is 0 Å². The van der Waals surface area contributed by atoms with Gasteiger partial charge in [0, 0.05) is 0 Å². The van der Waals surface area contributed by atoms with E-state index >= 15 is 0 Å². The fourth-order valence-electron chi connectivity index (χ4n) is 8.11. The molecule has 0 amide bonds. The maximum absolute atomic E-state index is 6.95. The van der Waals surface area contributed by atoms with Crippen molar-refractivity contribution in [1.82, 2.24) is 0 Å². The summed E-state index contributed by atoms with van der Waals surface area (Å²) < 4.78 is 2.17. The van der Waals surface area contributed by atoms with Gasteiger partial charge >= 0.3 is 317 Å². The molecule has 0 spiro atoms. The van der Waals surface area contributed by atoms with Crippen LogP contribution in [0.4, 0.5) is 0 Å². The summed E-state index contributed by atoms with van der Waals surface area (Å²) in [5, 5.41) is 6.19. The van der Waals surface area contributed by atoms with Crippen molar-refractivity contribution < 1.29 is 21.3 Å². The van der Waals surface area contributed by atoms with Gasteiger partial charge in [0.1, 0.15) is 0 Å². The van der Waals surface area contributed by atoms with Crippen LogP contribution in [-0.4, -0.2) is 3.21 Å². The summed E-state index contributed by atoms with van der Waals surface area (Å²) in [5.41, 5.74) is 11.2. The normalized spacial score (nSPS) is 14.5. The number of halogens is 2. The number of hydrogen-bond acceptors (Lipinski definition) is 0. The third-order valence-electron chi connectivity index (χ3n) is 10.7. The second-order valence-corrected chi connectivity index (χ2v) is 23.3. The predicted molar refractivity (Wildman–Crippen MR) is 214 cm³/mol. The van der Waals surface area contributed by atoms with Gasteiger partial charge < -0.3 is 0 Å². The first kappa shape index (κ1) is 33.8. The molecule has 6 aromatic carbocycles. The molecule has 0 aromatic heterocycles. The van der Waals surface area contributed by atoms with E-state index in [-0.39, 0.29) is 10.8 Å². The van der Waals surface area contributed by atoms with Gasteiger partial charge in [0.2, 0.25) is 0 Å². The molecule has 2 aliphatic rings. The third-order valence-corrected chi connectivity index (χ3v) is 19.9. The van der Waals surface area contributed by atoms with Crippen molar-refractivity contribution in [2.24, 2.45) is 0 Å². The summed E-state index contributed by atoms with van der Waals surface area (Å²) in [4.78, 5) is 0. The monoisotopic (exact) mass is 766 g/mol. The summed E-state index contributed by atoms with van der Waals surface area (Å²) in [6.45, 7) is 14.0. The van der Waals surface area contributed by atoms with E-state index in [1.165, 1.54) is 58.5 Å². The van der Waals surface area contributed by atoms with Crippen LogP contribution in [0.3, 0.4) is 0 Å². The molecule has 0 heterocycles. The molecule has 0 saturated heterocycles. The molecule has 0 fully saturated rings. The van der Waals surface area contributed by atoms with Crippen molar-refractivity contribution in [2.45, 2.75) is 59.6 Å². The number of fused-ring (bicyclic) bond motifs is 5. The Labute approximate surface area is 314 Å². The molecular weight excluding hydrogens is 727 g/mol. The Morgan fingerprint density at radius 1 is 0.520 bits per heavy atom. The van der Waals surface area contributed by atoms with Crippen molar-refractivity contribution in [3.8, 4) is 11.1 Å². The number of benzene rings is 6. The van der Waals surface area contributed by atoms with Crippen molar-refractivity contribution in [3.63, 3.8) is 0 Å². The van der Waals surface area contributed by atoms with Gasteiger partial charge in [0.15, 0.2) is 0 Å². The number of allylic oxidation sites excluding steroid dienone is 4. The zero-order valence-electron chi connectivity index (χ0n) is 29.6. The summed E-state index contributed by atoms with van der Waals surface area (Å²) in [6, 6.07) is 40.9. The molecule has 0 aliphatic heterocycles. The average molecular weight is 769 g/mol. The van der Waals surface area contributed by atoms with E-state index in [1.807, 2.05) is 12.1 Å². The Bertz CT molecular complexity index is 2270. The van der Waals surface area contributed by atoms with Crippen LogP contribution in [-0.2, 0) is 32.1 Å². The van der Waals surface area contributed by atoms with Gasteiger partial charge in [-0.1, -0.05) is 0 Å². The van der Waals surface area contributed by atoms with Crippen molar-refractivity contribution in [1.29, 1.82) is 0 Å². The molecule has 6 aromatic rings. The molecule has 0 radical (unpaired) electrons.